The predicted molar refractivity (Wildman–Crippen MR) is 139 cm³/mol. The second-order valence-corrected chi connectivity index (χ2v) is 10.1. The molecular weight excluding hydrogens is 495 g/mol. The van der Waals surface area contributed by atoms with Gasteiger partial charge in [-0.2, -0.15) is 13.2 Å². The summed E-state index contributed by atoms with van der Waals surface area (Å²) in [7, 11) is 0. The summed E-state index contributed by atoms with van der Waals surface area (Å²) in [5, 5.41) is 20.2. The molecule has 0 bridgehead atoms. The average Bonchev–Trinajstić information content (AvgIpc) is 3.29. The van der Waals surface area contributed by atoms with Crippen molar-refractivity contribution in [3.05, 3.63) is 83.4 Å². The Labute approximate surface area is 219 Å². The van der Waals surface area contributed by atoms with Gasteiger partial charge >= 0.3 is 6.18 Å². The molecule has 2 N–H and O–H groups in total. The lowest BCUT2D eigenvalue weighted by molar-refractivity contribution is -0.188. The number of benzene rings is 3. The number of likely N-dealkylation sites (tertiary alicyclic amines) is 1. The first-order valence-corrected chi connectivity index (χ1v) is 12.6. The molecule has 2 aliphatic rings. The van der Waals surface area contributed by atoms with Crippen LogP contribution < -0.4 is 9.47 Å². The number of ether oxygens (including phenoxy) is 2. The average molecular weight is 526 g/mol. The van der Waals surface area contributed by atoms with E-state index in [1.807, 2.05) is 19.9 Å². The van der Waals surface area contributed by atoms with Crippen molar-refractivity contribution >= 4 is 11.1 Å². The highest BCUT2D eigenvalue weighted by Crippen LogP contribution is 2.47. The van der Waals surface area contributed by atoms with Gasteiger partial charge in [0.1, 0.15) is 41.8 Å². The second kappa shape index (κ2) is 10.3. The largest absolute Gasteiger partial charge is 0.508 e. The zero-order valence-corrected chi connectivity index (χ0v) is 21.2. The minimum absolute atomic E-state index is 0.110. The molecule has 0 radical (unpaired) electrons. The van der Waals surface area contributed by atoms with Gasteiger partial charge in [-0.05, 0) is 85.0 Å². The van der Waals surface area contributed by atoms with Gasteiger partial charge in [-0.1, -0.05) is 31.2 Å². The van der Waals surface area contributed by atoms with Crippen LogP contribution in [0.4, 0.5) is 13.2 Å². The molecule has 0 spiro atoms. The van der Waals surface area contributed by atoms with Crippen molar-refractivity contribution in [1.29, 1.82) is 0 Å². The third-order valence-corrected chi connectivity index (χ3v) is 7.30. The summed E-state index contributed by atoms with van der Waals surface area (Å²) in [6.07, 6.45) is -4.17. The first kappa shape index (κ1) is 26.0. The van der Waals surface area contributed by atoms with E-state index in [-0.39, 0.29) is 17.4 Å². The molecular formula is C30H30F3NO4. The Morgan fingerprint density at radius 1 is 1.03 bits per heavy atom. The molecule has 0 amide bonds. The molecule has 0 aromatic heterocycles. The zero-order chi connectivity index (χ0) is 27.0. The first-order valence-electron chi connectivity index (χ1n) is 12.6. The Morgan fingerprint density at radius 3 is 2.42 bits per heavy atom. The summed E-state index contributed by atoms with van der Waals surface area (Å²) < 4.78 is 53.2. The van der Waals surface area contributed by atoms with Crippen LogP contribution in [0.15, 0.2) is 66.7 Å². The molecule has 0 aliphatic carbocycles. The Bertz CT molecular complexity index is 1340. The second-order valence-electron chi connectivity index (χ2n) is 10.1. The van der Waals surface area contributed by atoms with Crippen LogP contribution in [-0.4, -0.2) is 47.0 Å². The van der Waals surface area contributed by atoms with E-state index in [0.29, 0.717) is 24.6 Å². The van der Waals surface area contributed by atoms with Gasteiger partial charge in [0.2, 0.25) is 0 Å². The molecule has 3 aromatic carbocycles. The molecule has 1 fully saturated rings. The lowest BCUT2D eigenvalue weighted by atomic mass is 9.86. The standard InChI is InChI=1S/C30H30F3NO4/c1-18-12-13-34(16-18)27(30(31,32)33)17-37-24-9-6-20(7-10-24)29-28(21-4-3-5-22(35)14-21)19(2)25-15-23(36)8-11-26(25)38-29/h3-11,14-15,18,27,29,35-36H,12-13,16-17H2,1-2H3/t18-,27-,29?/m1/s1. The summed E-state index contributed by atoms with van der Waals surface area (Å²) in [4.78, 5) is 1.46. The summed E-state index contributed by atoms with van der Waals surface area (Å²) in [5.41, 5.74) is 3.97. The van der Waals surface area contributed by atoms with Crippen molar-refractivity contribution < 1.29 is 32.9 Å². The van der Waals surface area contributed by atoms with E-state index in [0.717, 1.165) is 34.3 Å². The molecule has 200 valence electrons. The van der Waals surface area contributed by atoms with Crippen molar-refractivity contribution in [2.75, 3.05) is 19.7 Å². The Balaban J connectivity index is 1.41. The number of hydrogen-bond donors (Lipinski definition) is 2. The third kappa shape index (κ3) is 5.31. The Kier molecular flexibility index (Phi) is 7.01. The van der Waals surface area contributed by atoms with Gasteiger partial charge in [-0.3, -0.25) is 4.90 Å². The van der Waals surface area contributed by atoms with Crippen molar-refractivity contribution in [2.45, 2.75) is 38.6 Å². The maximum Gasteiger partial charge on any atom is 0.407 e. The summed E-state index contributed by atoms with van der Waals surface area (Å²) in [5.74, 6) is 1.40. The summed E-state index contributed by atoms with van der Waals surface area (Å²) in [6.45, 7) is 4.24. The highest BCUT2D eigenvalue weighted by Gasteiger charge is 2.45. The van der Waals surface area contributed by atoms with E-state index < -0.39 is 24.9 Å². The quantitative estimate of drug-likeness (QED) is 0.370. The number of allylic oxidation sites excluding steroid dienone is 1. The first-order chi connectivity index (χ1) is 18.1. The molecule has 2 aliphatic heterocycles. The maximum absolute atomic E-state index is 13.7. The van der Waals surface area contributed by atoms with Gasteiger partial charge in [0.05, 0.1) is 0 Å². The SMILES string of the molecule is CC1=C(c2cccc(O)c2)C(c2ccc(OC[C@@H](N3CC[C@@H](C)C3)C(F)(F)F)cc2)Oc2ccc(O)cc21. The van der Waals surface area contributed by atoms with Crippen LogP contribution in [0.5, 0.6) is 23.0 Å². The van der Waals surface area contributed by atoms with Gasteiger partial charge in [-0.15, -0.1) is 0 Å². The van der Waals surface area contributed by atoms with E-state index in [1.54, 1.807) is 60.7 Å². The minimum atomic E-state index is -4.37. The van der Waals surface area contributed by atoms with E-state index in [9.17, 15) is 23.4 Å². The highest BCUT2D eigenvalue weighted by atomic mass is 19.4. The molecule has 38 heavy (non-hydrogen) atoms. The number of phenolic OH excluding ortho intramolecular Hbond substituents is 2. The maximum atomic E-state index is 13.7. The highest BCUT2D eigenvalue weighted by molar-refractivity contribution is 5.95. The van der Waals surface area contributed by atoms with Crippen LogP contribution in [0.25, 0.3) is 11.1 Å². The molecule has 3 atom stereocenters. The number of phenols is 2. The van der Waals surface area contributed by atoms with E-state index in [1.165, 1.54) is 4.90 Å². The normalized spacial score (nSPS) is 20.7. The van der Waals surface area contributed by atoms with Gasteiger partial charge in [0.15, 0.2) is 0 Å². The molecule has 3 aromatic rings. The summed E-state index contributed by atoms with van der Waals surface area (Å²) >= 11 is 0. The predicted octanol–water partition coefficient (Wildman–Crippen LogP) is 6.81. The molecule has 8 heteroatoms. The van der Waals surface area contributed by atoms with Crippen LogP contribution in [0.2, 0.25) is 0 Å². The fraction of sp³-hybridized carbons (Fsp3) is 0.333. The van der Waals surface area contributed by atoms with E-state index in [4.69, 9.17) is 9.47 Å². The molecule has 1 saturated heterocycles. The van der Waals surface area contributed by atoms with Crippen LogP contribution in [0.1, 0.15) is 43.1 Å². The number of nitrogens with zero attached hydrogens (tertiary/aromatic N) is 1. The summed E-state index contributed by atoms with van der Waals surface area (Å²) in [6, 6.07) is 17.0. The number of hydrogen-bond acceptors (Lipinski definition) is 5. The van der Waals surface area contributed by atoms with Crippen LogP contribution in [-0.2, 0) is 0 Å². The van der Waals surface area contributed by atoms with Crippen LogP contribution in [0.3, 0.4) is 0 Å². The monoisotopic (exact) mass is 525 g/mol. The number of aromatic hydroxyl groups is 2. The Hall–Kier alpha value is -3.65. The van der Waals surface area contributed by atoms with E-state index >= 15 is 0 Å². The van der Waals surface area contributed by atoms with Gasteiger partial charge in [0.25, 0.3) is 0 Å². The number of halogens is 3. The molecule has 5 nitrogen and oxygen atoms in total. The van der Waals surface area contributed by atoms with Gasteiger partial charge in [-0.25, -0.2) is 0 Å². The number of fused-ring (bicyclic) bond motifs is 1. The van der Waals surface area contributed by atoms with Crippen molar-refractivity contribution in [3.63, 3.8) is 0 Å². The zero-order valence-electron chi connectivity index (χ0n) is 21.2. The number of rotatable bonds is 6. The Morgan fingerprint density at radius 2 is 1.76 bits per heavy atom. The lowest BCUT2D eigenvalue weighted by Gasteiger charge is -2.31. The van der Waals surface area contributed by atoms with Gasteiger partial charge < -0.3 is 19.7 Å². The number of alkyl halides is 3. The smallest absolute Gasteiger partial charge is 0.407 e. The van der Waals surface area contributed by atoms with Crippen molar-refractivity contribution in [2.24, 2.45) is 5.92 Å². The fourth-order valence-corrected chi connectivity index (χ4v) is 5.29. The minimum Gasteiger partial charge on any atom is -0.508 e. The van der Waals surface area contributed by atoms with Gasteiger partial charge in [0, 0.05) is 17.7 Å². The van der Waals surface area contributed by atoms with Crippen molar-refractivity contribution in [1.82, 2.24) is 4.90 Å². The van der Waals surface area contributed by atoms with Crippen LogP contribution in [0, 0.1) is 5.92 Å². The molecule has 1 unspecified atom stereocenters. The topological polar surface area (TPSA) is 62.2 Å². The lowest BCUT2D eigenvalue weighted by Crippen LogP contribution is -2.48. The molecule has 0 saturated carbocycles. The third-order valence-electron chi connectivity index (χ3n) is 7.30. The molecule has 5 rings (SSSR count). The van der Waals surface area contributed by atoms with Crippen molar-refractivity contribution in [3.8, 4) is 23.0 Å². The van der Waals surface area contributed by atoms with Crippen LogP contribution >= 0.6 is 0 Å². The fourth-order valence-electron chi connectivity index (χ4n) is 5.29. The van der Waals surface area contributed by atoms with E-state index in [2.05, 4.69) is 0 Å². The molecule has 2 heterocycles.